The van der Waals surface area contributed by atoms with Gasteiger partial charge in [-0.05, 0) is 25.6 Å². The van der Waals surface area contributed by atoms with Gasteiger partial charge >= 0.3 is 0 Å². The number of hydrogen-bond donors (Lipinski definition) is 1. The maximum atomic E-state index is 6.28. The predicted octanol–water partition coefficient (Wildman–Crippen LogP) is 2.34. The number of aromatic nitrogens is 3. The van der Waals surface area contributed by atoms with Gasteiger partial charge < -0.3 is 9.88 Å². The van der Waals surface area contributed by atoms with Crippen molar-refractivity contribution < 1.29 is 0 Å². The second-order valence-electron chi connectivity index (χ2n) is 4.38. The minimum absolute atomic E-state index is 0.754. The number of aryl methyl sites for hydroxylation is 2. The Hall–Kier alpha value is -1.26. The first-order valence-electron chi connectivity index (χ1n) is 6.16. The van der Waals surface area contributed by atoms with Crippen LogP contribution in [0.5, 0.6) is 0 Å². The molecule has 0 bridgehead atoms. The van der Waals surface area contributed by atoms with E-state index in [1.807, 2.05) is 18.7 Å². The molecule has 1 N–H and O–H groups in total. The molecule has 98 valence electrons. The molecule has 2 aromatic heterocycles. The number of halogens is 1. The van der Waals surface area contributed by atoms with Gasteiger partial charge in [-0.15, -0.1) is 0 Å². The van der Waals surface area contributed by atoms with Crippen LogP contribution in [-0.2, 0) is 20.1 Å². The molecule has 0 saturated heterocycles. The SMILES string of the molecule is CCNCc1cccn1Cc1c(Cl)c(C)nn1C. The quantitative estimate of drug-likeness (QED) is 0.902. The molecule has 0 amide bonds. The van der Waals surface area contributed by atoms with E-state index in [9.17, 15) is 0 Å². The standard InChI is InChI=1S/C13H19ClN4/c1-4-15-8-11-6-5-7-18(11)9-12-13(14)10(2)16-17(12)3/h5-7,15H,4,8-9H2,1-3H3. The van der Waals surface area contributed by atoms with Gasteiger partial charge in [-0.2, -0.15) is 5.10 Å². The van der Waals surface area contributed by atoms with E-state index in [4.69, 9.17) is 11.6 Å². The Bertz CT molecular complexity index is 527. The summed E-state index contributed by atoms with van der Waals surface area (Å²) in [4.78, 5) is 0. The fraction of sp³-hybridized carbons (Fsp3) is 0.462. The molecular weight excluding hydrogens is 248 g/mol. The summed E-state index contributed by atoms with van der Waals surface area (Å²) in [5.41, 5.74) is 3.18. The highest BCUT2D eigenvalue weighted by Crippen LogP contribution is 2.21. The van der Waals surface area contributed by atoms with Crippen molar-refractivity contribution in [2.75, 3.05) is 6.54 Å². The fourth-order valence-corrected chi connectivity index (χ4v) is 2.25. The van der Waals surface area contributed by atoms with Crippen molar-refractivity contribution in [3.63, 3.8) is 0 Å². The van der Waals surface area contributed by atoms with E-state index in [1.165, 1.54) is 5.69 Å². The van der Waals surface area contributed by atoms with Crippen molar-refractivity contribution >= 4 is 11.6 Å². The van der Waals surface area contributed by atoms with Gasteiger partial charge in [0.25, 0.3) is 0 Å². The molecule has 2 aromatic rings. The van der Waals surface area contributed by atoms with Crippen LogP contribution in [0.25, 0.3) is 0 Å². The van der Waals surface area contributed by atoms with E-state index >= 15 is 0 Å². The van der Waals surface area contributed by atoms with Crippen molar-refractivity contribution in [2.45, 2.75) is 26.9 Å². The van der Waals surface area contributed by atoms with Crippen LogP contribution in [0, 0.1) is 6.92 Å². The van der Waals surface area contributed by atoms with Gasteiger partial charge in [0.2, 0.25) is 0 Å². The topological polar surface area (TPSA) is 34.8 Å². The zero-order valence-corrected chi connectivity index (χ0v) is 11.8. The molecule has 0 fully saturated rings. The Morgan fingerprint density at radius 1 is 1.44 bits per heavy atom. The van der Waals surface area contributed by atoms with Crippen LogP contribution < -0.4 is 5.32 Å². The van der Waals surface area contributed by atoms with Crippen LogP contribution in [0.2, 0.25) is 5.02 Å². The summed E-state index contributed by atoms with van der Waals surface area (Å²) in [6.07, 6.45) is 2.07. The van der Waals surface area contributed by atoms with Gasteiger partial charge in [-0.3, -0.25) is 4.68 Å². The Morgan fingerprint density at radius 2 is 2.22 bits per heavy atom. The third-order valence-corrected chi connectivity index (χ3v) is 3.55. The molecule has 0 spiro atoms. The Kier molecular flexibility index (Phi) is 4.09. The largest absolute Gasteiger partial charge is 0.344 e. The van der Waals surface area contributed by atoms with E-state index in [2.05, 4.69) is 40.2 Å². The van der Waals surface area contributed by atoms with Gasteiger partial charge in [0.1, 0.15) is 0 Å². The lowest BCUT2D eigenvalue weighted by atomic mass is 10.3. The molecule has 2 rings (SSSR count). The minimum Gasteiger partial charge on any atom is -0.344 e. The summed E-state index contributed by atoms with van der Waals surface area (Å²) < 4.78 is 4.06. The van der Waals surface area contributed by atoms with E-state index in [-0.39, 0.29) is 0 Å². The van der Waals surface area contributed by atoms with E-state index in [0.717, 1.165) is 36.0 Å². The normalized spacial score (nSPS) is 11.1. The summed E-state index contributed by atoms with van der Waals surface area (Å²) in [5, 5.41) is 8.44. The maximum absolute atomic E-state index is 6.28. The Morgan fingerprint density at radius 3 is 2.83 bits per heavy atom. The van der Waals surface area contributed by atoms with Crippen molar-refractivity contribution in [2.24, 2.45) is 7.05 Å². The predicted molar refractivity (Wildman–Crippen MR) is 73.9 cm³/mol. The fourth-order valence-electron chi connectivity index (χ4n) is 2.03. The first kappa shape index (κ1) is 13.2. The molecule has 0 unspecified atom stereocenters. The van der Waals surface area contributed by atoms with E-state index in [0.29, 0.717) is 0 Å². The van der Waals surface area contributed by atoms with Crippen molar-refractivity contribution in [3.05, 3.63) is 40.4 Å². The smallest absolute Gasteiger partial charge is 0.0865 e. The molecule has 0 radical (unpaired) electrons. The van der Waals surface area contributed by atoms with Crippen LogP contribution in [0.1, 0.15) is 24.0 Å². The number of rotatable bonds is 5. The van der Waals surface area contributed by atoms with Crippen molar-refractivity contribution in [1.82, 2.24) is 19.7 Å². The van der Waals surface area contributed by atoms with Crippen LogP contribution in [0.4, 0.5) is 0 Å². The van der Waals surface area contributed by atoms with Crippen LogP contribution in [0.3, 0.4) is 0 Å². The van der Waals surface area contributed by atoms with Crippen molar-refractivity contribution in [1.29, 1.82) is 0 Å². The number of hydrogen-bond acceptors (Lipinski definition) is 2. The van der Waals surface area contributed by atoms with Crippen LogP contribution in [-0.4, -0.2) is 20.9 Å². The van der Waals surface area contributed by atoms with Gasteiger partial charge in [-0.1, -0.05) is 18.5 Å². The number of nitrogens with one attached hydrogen (secondary N) is 1. The average molecular weight is 267 g/mol. The van der Waals surface area contributed by atoms with Gasteiger partial charge in [-0.25, -0.2) is 0 Å². The van der Waals surface area contributed by atoms with Gasteiger partial charge in [0, 0.05) is 25.5 Å². The highest BCUT2D eigenvalue weighted by Gasteiger charge is 2.12. The highest BCUT2D eigenvalue weighted by molar-refractivity contribution is 6.31. The van der Waals surface area contributed by atoms with E-state index in [1.54, 1.807) is 0 Å². The molecule has 0 aliphatic carbocycles. The molecule has 0 aromatic carbocycles. The van der Waals surface area contributed by atoms with E-state index < -0.39 is 0 Å². The molecule has 5 heteroatoms. The molecule has 0 atom stereocenters. The summed E-state index contributed by atoms with van der Waals surface area (Å²) in [6, 6.07) is 4.18. The average Bonchev–Trinajstić information content (AvgIpc) is 2.87. The molecule has 18 heavy (non-hydrogen) atoms. The summed E-state index contributed by atoms with van der Waals surface area (Å²) in [6.45, 7) is 6.63. The zero-order chi connectivity index (χ0) is 13.1. The van der Waals surface area contributed by atoms with Crippen molar-refractivity contribution in [3.8, 4) is 0 Å². The summed E-state index contributed by atoms with van der Waals surface area (Å²) >= 11 is 6.28. The first-order chi connectivity index (χ1) is 8.63. The second kappa shape index (κ2) is 5.59. The first-order valence-corrected chi connectivity index (χ1v) is 6.54. The number of nitrogens with zero attached hydrogens (tertiary/aromatic N) is 3. The monoisotopic (exact) mass is 266 g/mol. The molecule has 0 aliphatic heterocycles. The lowest BCUT2D eigenvalue weighted by Gasteiger charge is -2.10. The molecule has 0 aliphatic rings. The van der Waals surface area contributed by atoms with Crippen LogP contribution in [0.15, 0.2) is 18.3 Å². The molecule has 4 nitrogen and oxygen atoms in total. The third-order valence-electron chi connectivity index (χ3n) is 3.06. The Labute approximate surface area is 113 Å². The lowest BCUT2D eigenvalue weighted by Crippen LogP contribution is -2.16. The third kappa shape index (κ3) is 2.60. The molecular formula is C13H19ClN4. The highest BCUT2D eigenvalue weighted by atomic mass is 35.5. The minimum atomic E-state index is 0.754. The van der Waals surface area contributed by atoms with Gasteiger partial charge in [0.15, 0.2) is 0 Å². The zero-order valence-electron chi connectivity index (χ0n) is 11.1. The summed E-state index contributed by atoms with van der Waals surface area (Å²) in [7, 11) is 1.93. The lowest BCUT2D eigenvalue weighted by molar-refractivity contribution is 0.622. The maximum Gasteiger partial charge on any atom is 0.0865 e. The second-order valence-corrected chi connectivity index (χ2v) is 4.76. The summed E-state index contributed by atoms with van der Waals surface area (Å²) in [5.74, 6) is 0. The molecule has 2 heterocycles. The van der Waals surface area contributed by atoms with Crippen LogP contribution >= 0.6 is 11.6 Å². The molecule has 0 saturated carbocycles. The van der Waals surface area contributed by atoms with Gasteiger partial charge in [0.05, 0.1) is 23.0 Å². The Balaban J connectivity index is 2.21.